The zero-order chi connectivity index (χ0) is 10.3. The summed E-state index contributed by atoms with van der Waals surface area (Å²) in [5.41, 5.74) is 1.04. The fourth-order valence-corrected chi connectivity index (χ4v) is 1.63. The summed E-state index contributed by atoms with van der Waals surface area (Å²) in [6, 6.07) is 5.21. The van der Waals surface area contributed by atoms with Gasteiger partial charge in [-0.05, 0) is 13.0 Å². The number of halogens is 1. The Hall–Kier alpha value is -1.48. The Morgan fingerprint density at radius 3 is 2.79 bits per heavy atom. The second-order valence-corrected chi connectivity index (χ2v) is 3.39. The Balaban J connectivity index is 2.86. The van der Waals surface area contributed by atoms with Gasteiger partial charge in [0.15, 0.2) is 5.58 Å². The van der Waals surface area contributed by atoms with E-state index in [4.69, 9.17) is 21.1 Å². The number of hydrogen-bond acceptors (Lipinski definition) is 2. The van der Waals surface area contributed by atoms with Crippen LogP contribution in [0.1, 0.15) is 16.1 Å². The molecule has 0 aliphatic carbocycles. The lowest BCUT2D eigenvalue weighted by Crippen LogP contribution is -1.94. The highest BCUT2D eigenvalue weighted by Gasteiger charge is 2.17. The van der Waals surface area contributed by atoms with Crippen molar-refractivity contribution in [2.24, 2.45) is 0 Å². The van der Waals surface area contributed by atoms with Gasteiger partial charge in [0.1, 0.15) is 0 Å². The van der Waals surface area contributed by atoms with Crippen LogP contribution in [0, 0.1) is 6.92 Å². The minimum atomic E-state index is -1.07. The van der Waals surface area contributed by atoms with Crippen LogP contribution >= 0.6 is 11.6 Å². The molecule has 0 fully saturated rings. The standard InChI is InChI=1S/C10H7ClO3/c1-5-6-3-2-4-7(11)9(6)14-8(5)10(12)13/h2-4H,1H3,(H,12,13). The molecule has 0 aliphatic rings. The molecule has 0 bridgehead atoms. The number of carboxylic acids is 1. The third-order valence-corrected chi connectivity index (χ3v) is 2.41. The first-order valence-electron chi connectivity index (χ1n) is 4.02. The van der Waals surface area contributed by atoms with Gasteiger partial charge in [-0.15, -0.1) is 0 Å². The molecule has 1 N–H and O–H groups in total. The molecule has 3 nitrogen and oxygen atoms in total. The predicted molar refractivity (Wildman–Crippen MR) is 52.9 cm³/mol. The summed E-state index contributed by atoms with van der Waals surface area (Å²) in [5.74, 6) is -1.12. The van der Waals surface area contributed by atoms with Crippen molar-refractivity contribution in [2.75, 3.05) is 0 Å². The van der Waals surface area contributed by atoms with Gasteiger partial charge in [-0.2, -0.15) is 0 Å². The van der Waals surface area contributed by atoms with Gasteiger partial charge in [0.2, 0.25) is 5.76 Å². The van der Waals surface area contributed by atoms with Gasteiger partial charge >= 0.3 is 5.97 Å². The summed E-state index contributed by atoms with van der Waals surface area (Å²) in [6.45, 7) is 1.70. The van der Waals surface area contributed by atoms with Crippen LogP contribution in [0.3, 0.4) is 0 Å². The van der Waals surface area contributed by atoms with E-state index in [9.17, 15) is 4.79 Å². The number of rotatable bonds is 1. The second kappa shape index (κ2) is 3.03. The highest BCUT2D eigenvalue weighted by atomic mass is 35.5. The summed E-state index contributed by atoms with van der Waals surface area (Å²) < 4.78 is 5.16. The average molecular weight is 211 g/mol. The van der Waals surface area contributed by atoms with Crippen LogP contribution < -0.4 is 0 Å². The van der Waals surface area contributed by atoms with Crippen molar-refractivity contribution in [3.05, 3.63) is 34.5 Å². The highest BCUT2D eigenvalue weighted by Crippen LogP contribution is 2.30. The van der Waals surface area contributed by atoms with Crippen molar-refractivity contribution in [1.29, 1.82) is 0 Å². The molecule has 1 aromatic heterocycles. The third kappa shape index (κ3) is 1.17. The highest BCUT2D eigenvalue weighted by molar-refractivity contribution is 6.35. The van der Waals surface area contributed by atoms with Gasteiger partial charge < -0.3 is 9.52 Å². The molecule has 0 unspecified atom stereocenters. The Morgan fingerprint density at radius 1 is 1.50 bits per heavy atom. The summed E-state index contributed by atoms with van der Waals surface area (Å²) >= 11 is 5.86. The first-order chi connectivity index (χ1) is 6.61. The Morgan fingerprint density at radius 2 is 2.21 bits per heavy atom. The van der Waals surface area contributed by atoms with E-state index in [1.165, 1.54) is 0 Å². The van der Waals surface area contributed by atoms with Gasteiger partial charge in [-0.1, -0.05) is 23.7 Å². The minimum absolute atomic E-state index is 0.0481. The lowest BCUT2D eigenvalue weighted by atomic mass is 10.1. The Bertz CT molecular complexity index is 513. The Kier molecular flexibility index (Phi) is 1.97. The molecule has 0 spiro atoms. The molecule has 0 atom stereocenters. The van der Waals surface area contributed by atoms with Crippen LogP contribution in [-0.4, -0.2) is 11.1 Å². The maximum Gasteiger partial charge on any atom is 0.372 e. The van der Waals surface area contributed by atoms with Gasteiger partial charge in [0.05, 0.1) is 5.02 Å². The quantitative estimate of drug-likeness (QED) is 0.787. The fraction of sp³-hybridized carbons (Fsp3) is 0.100. The van der Waals surface area contributed by atoms with Crippen LogP contribution in [-0.2, 0) is 0 Å². The summed E-state index contributed by atoms with van der Waals surface area (Å²) in [5, 5.41) is 9.99. The molecule has 0 aliphatic heterocycles. The SMILES string of the molecule is Cc1c(C(=O)O)oc2c(Cl)cccc12. The van der Waals surface area contributed by atoms with Crippen molar-refractivity contribution in [1.82, 2.24) is 0 Å². The first-order valence-corrected chi connectivity index (χ1v) is 4.40. The number of furan rings is 1. The van der Waals surface area contributed by atoms with E-state index in [0.29, 0.717) is 16.2 Å². The molecule has 2 aromatic rings. The minimum Gasteiger partial charge on any atom is -0.475 e. The normalized spacial score (nSPS) is 10.7. The van der Waals surface area contributed by atoms with Gasteiger partial charge in [0.25, 0.3) is 0 Å². The molecule has 1 aromatic carbocycles. The summed E-state index contributed by atoms with van der Waals surface area (Å²) in [7, 11) is 0. The van der Waals surface area contributed by atoms with Crippen molar-refractivity contribution in [3.8, 4) is 0 Å². The van der Waals surface area contributed by atoms with Crippen LogP contribution in [0.5, 0.6) is 0 Å². The number of hydrogen-bond donors (Lipinski definition) is 1. The molecule has 72 valence electrons. The number of aryl methyl sites for hydroxylation is 1. The smallest absolute Gasteiger partial charge is 0.372 e. The Labute approximate surface area is 84.9 Å². The van der Waals surface area contributed by atoms with Gasteiger partial charge in [0, 0.05) is 10.9 Å². The van der Waals surface area contributed by atoms with Crippen molar-refractivity contribution in [2.45, 2.75) is 6.92 Å². The number of carboxylic acid groups (broad SMARTS) is 1. The lowest BCUT2D eigenvalue weighted by molar-refractivity contribution is 0.0664. The summed E-state index contributed by atoms with van der Waals surface area (Å²) in [4.78, 5) is 10.8. The number of aromatic carboxylic acids is 1. The molecule has 0 saturated carbocycles. The third-order valence-electron chi connectivity index (χ3n) is 2.11. The van der Waals surface area contributed by atoms with Crippen molar-refractivity contribution in [3.63, 3.8) is 0 Å². The van der Waals surface area contributed by atoms with Crippen molar-refractivity contribution < 1.29 is 14.3 Å². The van der Waals surface area contributed by atoms with Crippen LogP contribution in [0.25, 0.3) is 11.0 Å². The van der Waals surface area contributed by atoms with Crippen LogP contribution in [0.4, 0.5) is 0 Å². The second-order valence-electron chi connectivity index (χ2n) is 2.98. The average Bonchev–Trinajstić information content (AvgIpc) is 2.46. The van der Waals surface area contributed by atoms with E-state index in [-0.39, 0.29) is 5.76 Å². The first kappa shape index (κ1) is 9.09. The lowest BCUT2D eigenvalue weighted by Gasteiger charge is -1.89. The van der Waals surface area contributed by atoms with Crippen LogP contribution in [0.15, 0.2) is 22.6 Å². The largest absolute Gasteiger partial charge is 0.475 e. The zero-order valence-corrected chi connectivity index (χ0v) is 8.13. The molecule has 1 heterocycles. The number of para-hydroxylation sites is 1. The van der Waals surface area contributed by atoms with Gasteiger partial charge in [-0.25, -0.2) is 4.79 Å². The molecule has 14 heavy (non-hydrogen) atoms. The van der Waals surface area contributed by atoms with Crippen LogP contribution in [0.2, 0.25) is 5.02 Å². The molecular formula is C10H7ClO3. The predicted octanol–water partition coefficient (Wildman–Crippen LogP) is 3.09. The monoisotopic (exact) mass is 210 g/mol. The van der Waals surface area contributed by atoms with E-state index in [2.05, 4.69) is 0 Å². The fourth-order valence-electron chi connectivity index (χ4n) is 1.41. The molecule has 0 radical (unpaired) electrons. The number of benzene rings is 1. The number of fused-ring (bicyclic) bond motifs is 1. The summed E-state index contributed by atoms with van der Waals surface area (Å²) in [6.07, 6.45) is 0. The molecular weight excluding hydrogens is 204 g/mol. The number of carbonyl (C=O) groups is 1. The molecule has 0 saturated heterocycles. The van der Waals surface area contributed by atoms with E-state index >= 15 is 0 Å². The van der Waals surface area contributed by atoms with E-state index in [1.807, 2.05) is 0 Å². The molecule has 4 heteroatoms. The van der Waals surface area contributed by atoms with E-state index in [1.54, 1.807) is 25.1 Å². The topological polar surface area (TPSA) is 50.4 Å². The zero-order valence-electron chi connectivity index (χ0n) is 7.37. The molecule has 0 amide bonds. The van der Waals surface area contributed by atoms with Crippen molar-refractivity contribution >= 4 is 28.5 Å². The molecule has 2 rings (SSSR count). The maximum absolute atomic E-state index is 10.8. The van der Waals surface area contributed by atoms with E-state index < -0.39 is 5.97 Å². The van der Waals surface area contributed by atoms with E-state index in [0.717, 1.165) is 5.39 Å². The van der Waals surface area contributed by atoms with Gasteiger partial charge in [-0.3, -0.25) is 0 Å². The maximum atomic E-state index is 10.8.